The molecule has 0 amide bonds. The molecule has 0 aliphatic heterocycles. The lowest BCUT2D eigenvalue weighted by Gasteiger charge is -2.15. The van der Waals surface area contributed by atoms with E-state index in [0.717, 1.165) is 18.8 Å². The molecule has 0 aliphatic rings. The molecule has 122 valence electrons. The van der Waals surface area contributed by atoms with Crippen LogP contribution in [0.5, 0.6) is 0 Å². The molecular weight excluding hydrogens is 250 g/mol. The van der Waals surface area contributed by atoms with E-state index < -0.39 is 12.1 Å². The molecule has 0 spiro atoms. The van der Waals surface area contributed by atoms with Gasteiger partial charge in [-0.25, -0.2) is 0 Å². The lowest BCUT2D eigenvalue weighted by Crippen LogP contribution is -2.37. The summed E-state index contributed by atoms with van der Waals surface area (Å²) in [4.78, 5) is 0. The monoisotopic (exact) mass is 287 g/mol. The SMILES string of the molecule is CC(C)CCCCCCCCCCC[C@H](O)[C@@H](N)CO. The lowest BCUT2D eigenvalue weighted by molar-refractivity contribution is 0.0990. The van der Waals surface area contributed by atoms with E-state index in [0.29, 0.717) is 0 Å². The van der Waals surface area contributed by atoms with Crippen LogP contribution in [-0.4, -0.2) is 29.0 Å². The highest BCUT2D eigenvalue weighted by Crippen LogP contribution is 2.14. The Morgan fingerprint density at radius 2 is 1.15 bits per heavy atom. The highest BCUT2D eigenvalue weighted by Gasteiger charge is 2.12. The molecular formula is C17H37NO2. The average Bonchev–Trinajstić information content (AvgIpc) is 2.43. The van der Waals surface area contributed by atoms with Crippen LogP contribution in [0, 0.1) is 5.92 Å². The van der Waals surface area contributed by atoms with Crippen molar-refractivity contribution in [2.75, 3.05) is 6.61 Å². The molecule has 4 N–H and O–H groups in total. The van der Waals surface area contributed by atoms with Crippen LogP contribution < -0.4 is 5.73 Å². The summed E-state index contributed by atoms with van der Waals surface area (Å²) in [6, 6.07) is -0.471. The average molecular weight is 287 g/mol. The van der Waals surface area contributed by atoms with Gasteiger partial charge in [0.1, 0.15) is 0 Å². The van der Waals surface area contributed by atoms with Crippen LogP contribution in [0.4, 0.5) is 0 Å². The van der Waals surface area contributed by atoms with Gasteiger partial charge in [0.05, 0.1) is 18.8 Å². The first-order valence-corrected chi connectivity index (χ1v) is 8.62. The number of unbranched alkanes of at least 4 members (excludes halogenated alkanes) is 8. The van der Waals surface area contributed by atoms with Crippen LogP contribution in [0.15, 0.2) is 0 Å². The normalized spacial score (nSPS) is 14.7. The Morgan fingerprint density at radius 3 is 1.55 bits per heavy atom. The van der Waals surface area contributed by atoms with Crippen molar-refractivity contribution in [2.24, 2.45) is 11.7 Å². The Hall–Kier alpha value is -0.120. The second kappa shape index (κ2) is 13.8. The van der Waals surface area contributed by atoms with Crippen molar-refractivity contribution < 1.29 is 10.2 Å². The molecule has 0 aromatic carbocycles. The van der Waals surface area contributed by atoms with Crippen molar-refractivity contribution in [1.82, 2.24) is 0 Å². The predicted octanol–water partition coefficient (Wildman–Crippen LogP) is 3.61. The van der Waals surface area contributed by atoms with Crippen LogP contribution in [0.3, 0.4) is 0 Å². The summed E-state index contributed by atoms with van der Waals surface area (Å²) >= 11 is 0. The molecule has 0 heterocycles. The Labute approximate surface area is 126 Å². The van der Waals surface area contributed by atoms with Gasteiger partial charge in [0.2, 0.25) is 0 Å². The second-order valence-electron chi connectivity index (χ2n) is 6.57. The summed E-state index contributed by atoms with van der Waals surface area (Å²) in [5.74, 6) is 0.851. The highest BCUT2D eigenvalue weighted by molar-refractivity contribution is 4.70. The van der Waals surface area contributed by atoms with E-state index >= 15 is 0 Å². The van der Waals surface area contributed by atoms with Crippen LogP contribution in [-0.2, 0) is 0 Å². The van der Waals surface area contributed by atoms with Crippen LogP contribution in [0.25, 0.3) is 0 Å². The van der Waals surface area contributed by atoms with Gasteiger partial charge in [0, 0.05) is 0 Å². The van der Waals surface area contributed by atoms with Crippen molar-refractivity contribution in [3.05, 3.63) is 0 Å². The maximum absolute atomic E-state index is 9.59. The van der Waals surface area contributed by atoms with Gasteiger partial charge in [-0.15, -0.1) is 0 Å². The molecule has 0 saturated carbocycles. The van der Waals surface area contributed by atoms with Crippen molar-refractivity contribution in [2.45, 2.75) is 96.6 Å². The Kier molecular flexibility index (Phi) is 13.8. The molecule has 0 bridgehead atoms. The smallest absolute Gasteiger partial charge is 0.0713 e. The van der Waals surface area contributed by atoms with Gasteiger partial charge >= 0.3 is 0 Å². The fourth-order valence-electron chi connectivity index (χ4n) is 2.48. The van der Waals surface area contributed by atoms with Gasteiger partial charge in [-0.1, -0.05) is 78.1 Å². The molecule has 0 aromatic heterocycles. The minimum Gasteiger partial charge on any atom is -0.395 e. The number of hydrogen-bond donors (Lipinski definition) is 3. The summed E-state index contributed by atoms with van der Waals surface area (Å²) in [5, 5.41) is 18.4. The molecule has 0 fully saturated rings. The zero-order valence-electron chi connectivity index (χ0n) is 13.7. The molecule has 3 heteroatoms. The van der Waals surface area contributed by atoms with Crippen LogP contribution >= 0.6 is 0 Å². The fraction of sp³-hybridized carbons (Fsp3) is 1.00. The molecule has 3 nitrogen and oxygen atoms in total. The topological polar surface area (TPSA) is 66.5 Å². The van der Waals surface area contributed by atoms with Crippen LogP contribution in [0.2, 0.25) is 0 Å². The minimum absolute atomic E-state index is 0.127. The number of rotatable bonds is 14. The largest absolute Gasteiger partial charge is 0.395 e. The van der Waals surface area contributed by atoms with E-state index in [2.05, 4.69) is 13.8 Å². The molecule has 0 saturated heterocycles. The third kappa shape index (κ3) is 12.9. The Morgan fingerprint density at radius 1 is 0.750 bits per heavy atom. The molecule has 0 aromatic rings. The first-order valence-electron chi connectivity index (χ1n) is 8.62. The van der Waals surface area contributed by atoms with Gasteiger partial charge < -0.3 is 15.9 Å². The Balaban J connectivity index is 3.13. The van der Waals surface area contributed by atoms with Gasteiger partial charge in [-0.2, -0.15) is 0 Å². The third-order valence-electron chi connectivity index (χ3n) is 3.99. The molecule has 0 rings (SSSR count). The summed E-state index contributed by atoms with van der Waals surface area (Å²) < 4.78 is 0. The van der Waals surface area contributed by atoms with E-state index in [1.165, 1.54) is 57.8 Å². The standard InChI is InChI=1S/C17H37NO2/c1-15(2)12-10-8-6-4-3-5-7-9-11-13-17(20)16(18)14-19/h15-17,19-20H,3-14,18H2,1-2H3/t16-,17-/m0/s1. The molecule has 0 aliphatic carbocycles. The predicted molar refractivity (Wildman–Crippen MR) is 86.7 cm³/mol. The van der Waals surface area contributed by atoms with Crippen molar-refractivity contribution in [1.29, 1.82) is 0 Å². The molecule has 2 atom stereocenters. The maximum atomic E-state index is 9.59. The quantitative estimate of drug-likeness (QED) is 0.428. The van der Waals surface area contributed by atoms with Gasteiger partial charge in [0.15, 0.2) is 0 Å². The summed E-state index contributed by atoms with van der Waals surface area (Å²) in [6.45, 7) is 4.46. The summed E-state index contributed by atoms with van der Waals surface area (Å²) in [5.41, 5.74) is 5.56. The van der Waals surface area contributed by atoms with E-state index in [1.54, 1.807) is 0 Å². The van der Waals surface area contributed by atoms with E-state index in [-0.39, 0.29) is 6.61 Å². The maximum Gasteiger partial charge on any atom is 0.0713 e. The third-order valence-corrected chi connectivity index (χ3v) is 3.99. The van der Waals surface area contributed by atoms with E-state index in [4.69, 9.17) is 10.8 Å². The fourth-order valence-corrected chi connectivity index (χ4v) is 2.48. The molecule has 20 heavy (non-hydrogen) atoms. The number of aliphatic hydroxyl groups is 2. The zero-order valence-corrected chi connectivity index (χ0v) is 13.7. The zero-order chi connectivity index (χ0) is 15.2. The number of nitrogens with two attached hydrogens (primary N) is 1. The Bertz CT molecular complexity index is 197. The van der Waals surface area contributed by atoms with Crippen molar-refractivity contribution in [3.8, 4) is 0 Å². The first kappa shape index (κ1) is 19.9. The minimum atomic E-state index is -0.541. The van der Waals surface area contributed by atoms with E-state index in [9.17, 15) is 5.11 Å². The van der Waals surface area contributed by atoms with Crippen molar-refractivity contribution in [3.63, 3.8) is 0 Å². The second-order valence-corrected chi connectivity index (χ2v) is 6.57. The van der Waals surface area contributed by atoms with E-state index in [1.807, 2.05) is 0 Å². The summed E-state index contributed by atoms with van der Waals surface area (Å²) in [7, 11) is 0. The van der Waals surface area contributed by atoms with Gasteiger partial charge in [0.25, 0.3) is 0 Å². The van der Waals surface area contributed by atoms with Gasteiger partial charge in [-0.05, 0) is 12.3 Å². The number of aliphatic hydroxyl groups excluding tert-OH is 2. The lowest BCUT2D eigenvalue weighted by atomic mass is 10.0. The van der Waals surface area contributed by atoms with Crippen LogP contribution in [0.1, 0.15) is 84.5 Å². The van der Waals surface area contributed by atoms with Crippen molar-refractivity contribution >= 4 is 0 Å². The summed E-state index contributed by atoms with van der Waals surface area (Å²) in [6.07, 6.45) is 13.2. The van der Waals surface area contributed by atoms with Gasteiger partial charge in [-0.3, -0.25) is 0 Å². The molecule has 0 radical (unpaired) electrons. The highest BCUT2D eigenvalue weighted by atomic mass is 16.3. The molecule has 0 unspecified atom stereocenters. The number of hydrogen-bond acceptors (Lipinski definition) is 3. The first-order chi connectivity index (χ1) is 9.57.